The standard InChI is InChI=1S/C21H22N6O/c22-15(10-14-12-25-19-7-2-1-6-18(14)19)13-28-17-5-3-4-16(11-17)26-20-8-9-24-21(23)27-20/h1-9,11-12,15,25H,10,13,22H2,(H3,23,24,26,27)/t15-/m0/s1. The fraction of sp³-hybridized carbons (Fsp3) is 0.143. The van der Waals surface area contributed by atoms with Gasteiger partial charge in [0.1, 0.15) is 18.2 Å². The van der Waals surface area contributed by atoms with Gasteiger partial charge in [0.05, 0.1) is 0 Å². The van der Waals surface area contributed by atoms with Gasteiger partial charge in [-0.25, -0.2) is 4.98 Å². The molecule has 142 valence electrons. The number of rotatable bonds is 7. The largest absolute Gasteiger partial charge is 0.492 e. The van der Waals surface area contributed by atoms with Crippen LogP contribution < -0.4 is 21.5 Å². The van der Waals surface area contributed by atoms with Crippen LogP contribution in [0.2, 0.25) is 0 Å². The fourth-order valence-electron chi connectivity index (χ4n) is 3.10. The van der Waals surface area contributed by atoms with Gasteiger partial charge in [0.15, 0.2) is 0 Å². The highest BCUT2D eigenvalue weighted by Gasteiger charge is 2.10. The van der Waals surface area contributed by atoms with Crippen LogP contribution in [0.5, 0.6) is 5.75 Å². The van der Waals surface area contributed by atoms with Gasteiger partial charge in [0.25, 0.3) is 0 Å². The van der Waals surface area contributed by atoms with E-state index in [1.165, 1.54) is 10.9 Å². The van der Waals surface area contributed by atoms with Crippen LogP contribution in [0.1, 0.15) is 5.56 Å². The summed E-state index contributed by atoms with van der Waals surface area (Å²) in [5.41, 5.74) is 15.1. The molecule has 0 aliphatic heterocycles. The van der Waals surface area contributed by atoms with E-state index in [1.807, 2.05) is 42.6 Å². The number of para-hydroxylation sites is 1. The summed E-state index contributed by atoms with van der Waals surface area (Å²) in [4.78, 5) is 11.3. The summed E-state index contributed by atoms with van der Waals surface area (Å²) in [5.74, 6) is 1.59. The molecule has 2 aromatic carbocycles. The zero-order valence-electron chi connectivity index (χ0n) is 15.3. The SMILES string of the molecule is Nc1nccc(Nc2cccc(OC[C@@H](N)Cc3c[nH]c4ccccc34)c2)n1. The fourth-order valence-corrected chi connectivity index (χ4v) is 3.10. The highest BCUT2D eigenvalue weighted by Crippen LogP contribution is 2.22. The second-order valence-corrected chi connectivity index (χ2v) is 6.59. The number of benzene rings is 2. The van der Waals surface area contributed by atoms with Crippen LogP contribution in [0.25, 0.3) is 10.9 Å². The molecule has 0 saturated heterocycles. The number of aromatic amines is 1. The summed E-state index contributed by atoms with van der Waals surface area (Å²) in [6, 6.07) is 17.5. The zero-order chi connectivity index (χ0) is 19.3. The van der Waals surface area contributed by atoms with Crippen molar-refractivity contribution in [1.82, 2.24) is 15.0 Å². The summed E-state index contributed by atoms with van der Waals surface area (Å²) in [6.07, 6.45) is 4.36. The van der Waals surface area contributed by atoms with Crippen molar-refractivity contribution in [2.45, 2.75) is 12.5 Å². The van der Waals surface area contributed by atoms with Gasteiger partial charge < -0.3 is 26.5 Å². The Hall–Kier alpha value is -3.58. The zero-order valence-corrected chi connectivity index (χ0v) is 15.3. The average Bonchev–Trinajstić information content (AvgIpc) is 3.10. The minimum absolute atomic E-state index is 0.113. The van der Waals surface area contributed by atoms with Crippen LogP contribution in [-0.4, -0.2) is 27.6 Å². The first-order valence-electron chi connectivity index (χ1n) is 9.06. The second-order valence-electron chi connectivity index (χ2n) is 6.59. The molecule has 6 N–H and O–H groups in total. The van der Waals surface area contributed by atoms with E-state index in [1.54, 1.807) is 12.3 Å². The van der Waals surface area contributed by atoms with Crippen molar-refractivity contribution in [1.29, 1.82) is 0 Å². The minimum atomic E-state index is -0.113. The molecule has 0 aliphatic carbocycles. The van der Waals surface area contributed by atoms with Crippen LogP contribution in [0.4, 0.5) is 17.5 Å². The summed E-state index contributed by atoms with van der Waals surface area (Å²) in [7, 11) is 0. The highest BCUT2D eigenvalue weighted by molar-refractivity contribution is 5.83. The molecule has 2 aromatic heterocycles. The third kappa shape index (κ3) is 4.21. The predicted molar refractivity (Wildman–Crippen MR) is 112 cm³/mol. The molecular formula is C21H22N6O. The number of nitrogens with one attached hydrogen (secondary N) is 2. The molecule has 4 rings (SSSR count). The number of fused-ring (bicyclic) bond motifs is 1. The van der Waals surface area contributed by atoms with Gasteiger partial charge in [-0.1, -0.05) is 24.3 Å². The van der Waals surface area contributed by atoms with Crippen molar-refractivity contribution in [3.8, 4) is 5.75 Å². The minimum Gasteiger partial charge on any atom is -0.492 e. The Morgan fingerprint density at radius 2 is 2.00 bits per heavy atom. The van der Waals surface area contributed by atoms with Crippen molar-refractivity contribution in [2.24, 2.45) is 5.73 Å². The second kappa shape index (κ2) is 7.98. The topological polar surface area (TPSA) is 115 Å². The lowest BCUT2D eigenvalue weighted by atomic mass is 10.1. The van der Waals surface area contributed by atoms with Gasteiger partial charge >= 0.3 is 0 Å². The van der Waals surface area contributed by atoms with Gasteiger partial charge in [-0.15, -0.1) is 0 Å². The number of hydrogen-bond acceptors (Lipinski definition) is 6. The van der Waals surface area contributed by atoms with Crippen molar-refractivity contribution in [3.05, 3.63) is 72.6 Å². The van der Waals surface area contributed by atoms with E-state index in [2.05, 4.69) is 32.4 Å². The van der Waals surface area contributed by atoms with Gasteiger partial charge in [-0.2, -0.15) is 4.98 Å². The molecule has 0 spiro atoms. The van der Waals surface area contributed by atoms with E-state index in [0.29, 0.717) is 12.4 Å². The van der Waals surface area contributed by atoms with Crippen LogP contribution in [0, 0.1) is 0 Å². The van der Waals surface area contributed by atoms with Crippen molar-refractivity contribution < 1.29 is 4.74 Å². The molecule has 0 bridgehead atoms. The molecule has 7 heteroatoms. The predicted octanol–water partition coefficient (Wildman–Crippen LogP) is 3.23. The Balaban J connectivity index is 1.36. The molecule has 0 radical (unpaired) electrons. The maximum atomic E-state index is 6.30. The molecule has 0 amide bonds. The van der Waals surface area contributed by atoms with Crippen molar-refractivity contribution >= 4 is 28.4 Å². The molecule has 0 fully saturated rings. The molecule has 28 heavy (non-hydrogen) atoms. The Morgan fingerprint density at radius 3 is 2.89 bits per heavy atom. The third-order valence-electron chi connectivity index (χ3n) is 4.40. The maximum Gasteiger partial charge on any atom is 0.221 e. The van der Waals surface area contributed by atoms with E-state index in [4.69, 9.17) is 16.2 Å². The summed E-state index contributed by atoms with van der Waals surface area (Å²) in [5, 5.41) is 4.38. The van der Waals surface area contributed by atoms with E-state index in [9.17, 15) is 0 Å². The van der Waals surface area contributed by atoms with Crippen molar-refractivity contribution in [2.75, 3.05) is 17.7 Å². The lowest BCUT2D eigenvalue weighted by molar-refractivity contribution is 0.288. The van der Waals surface area contributed by atoms with Gasteiger partial charge in [0.2, 0.25) is 5.95 Å². The summed E-state index contributed by atoms with van der Waals surface area (Å²) < 4.78 is 5.90. The Bertz CT molecular complexity index is 1080. The molecule has 4 aromatic rings. The number of nitrogens with two attached hydrogens (primary N) is 2. The van der Waals surface area contributed by atoms with Crippen LogP contribution in [0.3, 0.4) is 0 Å². The van der Waals surface area contributed by atoms with Crippen LogP contribution in [0.15, 0.2) is 67.0 Å². The summed E-state index contributed by atoms with van der Waals surface area (Å²) in [6.45, 7) is 0.420. The number of aromatic nitrogens is 3. The molecule has 7 nitrogen and oxygen atoms in total. The molecular weight excluding hydrogens is 352 g/mol. The highest BCUT2D eigenvalue weighted by atomic mass is 16.5. The first kappa shape index (κ1) is 17.8. The van der Waals surface area contributed by atoms with E-state index < -0.39 is 0 Å². The van der Waals surface area contributed by atoms with Crippen molar-refractivity contribution in [3.63, 3.8) is 0 Å². The number of H-pyrrole nitrogens is 1. The van der Waals surface area contributed by atoms with Crippen LogP contribution >= 0.6 is 0 Å². The number of nitrogen functional groups attached to an aromatic ring is 1. The van der Waals surface area contributed by atoms with E-state index in [-0.39, 0.29) is 12.0 Å². The Morgan fingerprint density at radius 1 is 1.11 bits per heavy atom. The van der Waals surface area contributed by atoms with Crippen LogP contribution in [-0.2, 0) is 6.42 Å². The maximum absolute atomic E-state index is 6.30. The first-order valence-corrected chi connectivity index (χ1v) is 9.06. The van der Waals surface area contributed by atoms with E-state index in [0.717, 1.165) is 23.4 Å². The number of hydrogen-bond donors (Lipinski definition) is 4. The quantitative estimate of drug-likeness (QED) is 0.395. The number of anilines is 3. The normalized spacial score (nSPS) is 12.0. The molecule has 0 aliphatic rings. The summed E-state index contributed by atoms with van der Waals surface area (Å²) >= 11 is 0. The molecule has 0 unspecified atom stereocenters. The lowest BCUT2D eigenvalue weighted by Crippen LogP contribution is -2.30. The average molecular weight is 374 g/mol. The molecule has 0 saturated carbocycles. The van der Waals surface area contributed by atoms with Gasteiger partial charge in [-0.05, 0) is 36.2 Å². The molecule has 2 heterocycles. The van der Waals surface area contributed by atoms with Gasteiger partial charge in [0, 0.05) is 41.1 Å². The van der Waals surface area contributed by atoms with E-state index >= 15 is 0 Å². The third-order valence-corrected chi connectivity index (χ3v) is 4.40. The smallest absolute Gasteiger partial charge is 0.221 e. The lowest BCUT2D eigenvalue weighted by Gasteiger charge is -2.14. The number of nitrogens with zero attached hydrogens (tertiary/aromatic N) is 2. The monoisotopic (exact) mass is 374 g/mol. The Kier molecular flexibility index (Phi) is 5.07. The molecule has 1 atom stereocenters. The van der Waals surface area contributed by atoms with Gasteiger partial charge in [-0.3, -0.25) is 0 Å². The Labute approximate surface area is 162 Å². The first-order chi connectivity index (χ1) is 13.7. The number of ether oxygens (including phenoxy) is 1.